The SMILES string of the molecule is CNCn1c(=O)[nH]c2ccccc2c1=O. The van der Waals surface area contributed by atoms with Crippen LogP contribution in [0.5, 0.6) is 0 Å². The van der Waals surface area contributed by atoms with E-state index in [4.69, 9.17) is 0 Å². The lowest BCUT2D eigenvalue weighted by atomic mass is 10.2. The van der Waals surface area contributed by atoms with E-state index in [1.54, 1.807) is 31.3 Å². The van der Waals surface area contributed by atoms with Gasteiger partial charge in [0, 0.05) is 0 Å². The van der Waals surface area contributed by atoms with E-state index in [-0.39, 0.29) is 12.2 Å². The molecule has 0 saturated carbocycles. The lowest BCUT2D eigenvalue weighted by Gasteiger charge is -2.04. The minimum Gasteiger partial charge on any atom is -0.307 e. The van der Waals surface area contributed by atoms with Crippen LogP contribution in [0.4, 0.5) is 0 Å². The van der Waals surface area contributed by atoms with Crippen LogP contribution in [-0.2, 0) is 6.67 Å². The first kappa shape index (κ1) is 9.67. The Kier molecular flexibility index (Phi) is 2.39. The summed E-state index contributed by atoms with van der Waals surface area (Å²) in [6.07, 6.45) is 0. The lowest BCUT2D eigenvalue weighted by molar-refractivity contribution is 0.574. The zero-order valence-corrected chi connectivity index (χ0v) is 8.28. The standard InChI is InChI=1S/C10H11N3O2/c1-11-6-13-9(14)7-4-2-3-5-8(7)12-10(13)15/h2-5,11H,6H2,1H3,(H,12,15). The number of H-pyrrole nitrogens is 1. The number of rotatable bonds is 2. The number of para-hydroxylation sites is 1. The molecule has 0 unspecified atom stereocenters. The number of hydrogen-bond donors (Lipinski definition) is 2. The maximum absolute atomic E-state index is 11.8. The predicted octanol–water partition coefficient (Wildman–Crippen LogP) is -0.133. The van der Waals surface area contributed by atoms with Gasteiger partial charge in [-0.25, -0.2) is 9.36 Å². The van der Waals surface area contributed by atoms with Crippen LogP contribution in [0.15, 0.2) is 33.9 Å². The summed E-state index contributed by atoms with van der Waals surface area (Å²) in [7, 11) is 1.68. The van der Waals surface area contributed by atoms with Crippen LogP contribution in [0, 0.1) is 0 Å². The van der Waals surface area contributed by atoms with Crippen LogP contribution in [0.25, 0.3) is 10.9 Å². The molecule has 0 aliphatic rings. The molecule has 2 rings (SSSR count). The topological polar surface area (TPSA) is 66.9 Å². The molecule has 0 fully saturated rings. The molecule has 78 valence electrons. The van der Waals surface area contributed by atoms with Crippen molar-refractivity contribution in [3.05, 3.63) is 45.1 Å². The van der Waals surface area contributed by atoms with E-state index < -0.39 is 5.69 Å². The zero-order valence-electron chi connectivity index (χ0n) is 8.28. The van der Waals surface area contributed by atoms with Gasteiger partial charge >= 0.3 is 5.69 Å². The number of aromatic amines is 1. The number of nitrogens with zero attached hydrogens (tertiary/aromatic N) is 1. The smallest absolute Gasteiger partial charge is 0.307 e. The first-order valence-corrected chi connectivity index (χ1v) is 4.60. The Morgan fingerprint density at radius 1 is 1.33 bits per heavy atom. The number of benzene rings is 1. The third kappa shape index (κ3) is 1.57. The van der Waals surface area contributed by atoms with E-state index in [1.807, 2.05) is 0 Å². The molecule has 1 aromatic heterocycles. The van der Waals surface area contributed by atoms with Crippen LogP contribution >= 0.6 is 0 Å². The highest BCUT2D eigenvalue weighted by Gasteiger charge is 2.04. The summed E-state index contributed by atoms with van der Waals surface area (Å²) >= 11 is 0. The van der Waals surface area contributed by atoms with Gasteiger partial charge in [0.15, 0.2) is 0 Å². The molecule has 0 atom stereocenters. The molecular weight excluding hydrogens is 194 g/mol. The molecule has 0 amide bonds. The Balaban J connectivity index is 2.85. The molecule has 0 radical (unpaired) electrons. The van der Waals surface area contributed by atoms with Gasteiger partial charge in [0.2, 0.25) is 0 Å². The molecule has 0 spiro atoms. The highest BCUT2D eigenvalue weighted by Crippen LogP contribution is 2.02. The largest absolute Gasteiger partial charge is 0.329 e. The summed E-state index contributed by atoms with van der Waals surface area (Å²) in [5.74, 6) is 0. The number of nitrogens with one attached hydrogen (secondary N) is 2. The normalized spacial score (nSPS) is 10.7. The maximum atomic E-state index is 11.8. The van der Waals surface area contributed by atoms with Crippen molar-refractivity contribution in [2.45, 2.75) is 6.67 Å². The van der Waals surface area contributed by atoms with Gasteiger partial charge in [0.25, 0.3) is 5.56 Å². The molecule has 2 aromatic rings. The van der Waals surface area contributed by atoms with E-state index in [0.717, 1.165) is 4.57 Å². The summed E-state index contributed by atoms with van der Waals surface area (Å²) in [6, 6.07) is 6.95. The Hall–Kier alpha value is -1.88. The molecule has 2 N–H and O–H groups in total. The number of hydrogen-bond acceptors (Lipinski definition) is 3. The van der Waals surface area contributed by atoms with Crippen LogP contribution < -0.4 is 16.6 Å². The van der Waals surface area contributed by atoms with Gasteiger partial charge in [-0.2, -0.15) is 0 Å². The van der Waals surface area contributed by atoms with Gasteiger partial charge in [0.05, 0.1) is 17.6 Å². The fraction of sp³-hybridized carbons (Fsp3) is 0.200. The molecule has 1 aromatic carbocycles. The lowest BCUT2D eigenvalue weighted by Crippen LogP contribution is -2.38. The van der Waals surface area contributed by atoms with Gasteiger partial charge < -0.3 is 10.3 Å². The Bertz CT molecular complexity index is 597. The monoisotopic (exact) mass is 205 g/mol. The molecule has 0 aliphatic heterocycles. The fourth-order valence-corrected chi connectivity index (χ4v) is 1.50. The summed E-state index contributed by atoms with van der Waals surface area (Å²) in [4.78, 5) is 26.0. The van der Waals surface area contributed by atoms with Gasteiger partial charge in [-0.05, 0) is 19.2 Å². The highest BCUT2D eigenvalue weighted by molar-refractivity contribution is 5.76. The average molecular weight is 205 g/mol. The molecule has 5 heteroatoms. The van der Waals surface area contributed by atoms with Crippen LogP contribution in [-0.4, -0.2) is 16.6 Å². The summed E-state index contributed by atoms with van der Waals surface area (Å²) in [5.41, 5.74) is -0.100. The van der Waals surface area contributed by atoms with E-state index >= 15 is 0 Å². The van der Waals surface area contributed by atoms with Gasteiger partial charge in [-0.15, -0.1) is 0 Å². The minimum absolute atomic E-state index is 0.207. The number of aromatic nitrogens is 2. The second-order valence-corrected chi connectivity index (χ2v) is 3.22. The first-order valence-electron chi connectivity index (χ1n) is 4.60. The molecule has 1 heterocycles. The summed E-state index contributed by atoms with van der Waals surface area (Å²) in [6.45, 7) is 0.207. The van der Waals surface area contributed by atoms with Crippen molar-refractivity contribution in [2.75, 3.05) is 7.05 Å². The number of fused-ring (bicyclic) bond motifs is 1. The third-order valence-electron chi connectivity index (χ3n) is 2.21. The Morgan fingerprint density at radius 3 is 2.80 bits per heavy atom. The van der Waals surface area contributed by atoms with Gasteiger partial charge in [-0.3, -0.25) is 4.79 Å². The molecule has 0 bridgehead atoms. The second kappa shape index (κ2) is 3.70. The molecule has 5 nitrogen and oxygen atoms in total. The average Bonchev–Trinajstić information content (AvgIpc) is 2.24. The van der Waals surface area contributed by atoms with E-state index in [1.165, 1.54) is 0 Å². The van der Waals surface area contributed by atoms with E-state index in [0.29, 0.717) is 10.9 Å². The van der Waals surface area contributed by atoms with Crippen LogP contribution in [0.1, 0.15) is 0 Å². The summed E-state index contributed by atoms with van der Waals surface area (Å²) in [5, 5.41) is 3.29. The van der Waals surface area contributed by atoms with Gasteiger partial charge in [0.1, 0.15) is 0 Å². The molecular formula is C10H11N3O2. The predicted molar refractivity (Wildman–Crippen MR) is 57.9 cm³/mol. The second-order valence-electron chi connectivity index (χ2n) is 3.22. The fourth-order valence-electron chi connectivity index (χ4n) is 1.50. The van der Waals surface area contributed by atoms with Crippen LogP contribution in [0.2, 0.25) is 0 Å². The summed E-state index contributed by atoms with van der Waals surface area (Å²) < 4.78 is 1.13. The van der Waals surface area contributed by atoms with Gasteiger partial charge in [-0.1, -0.05) is 12.1 Å². The maximum Gasteiger partial charge on any atom is 0.329 e. The third-order valence-corrected chi connectivity index (χ3v) is 2.21. The molecule has 15 heavy (non-hydrogen) atoms. The van der Waals surface area contributed by atoms with Crippen molar-refractivity contribution in [3.63, 3.8) is 0 Å². The van der Waals surface area contributed by atoms with Crippen molar-refractivity contribution in [1.29, 1.82) is 0 Å². The van der Waals surface area contributed by atoms with Crippen molar-refractivity contribution < 1.29 is 0 Å². The Morgan fingerprint density at radius 2 is 2.07 bits per heavy atom. The molecule has 0 aliphatic carbocycles. The van der Waals surface area contributed by atoms with Crippen molar-refractivity contribution >= 4 is 10.9 Å². The molecule has 0 saturated heterocycles. The first-order chi connectivity index (χ1) is 7.24. The van der Waals surface area contributed by atoms with E-state index in [9.17, 15) is 9.59 Å². The highest BCUT2D eigenvalue weighted by atomic mass is 16.2. The zero-order chi connectivity index (χ0) is 10.8. The van der Waals surface area contributed by atoms with Crippen molar-refractivity contribution in [3.8, 4) is 0 Å². The van der Waals surface area contributed by atoms with E-state index in [2.05, 4.69) is 10.3 Å². The van der Waals surface area contributed by atoms with Crippen LogP contribution in [0.3, 0.4) is 0 Å². The van der Waals surface area contributed by atoms with Crippen molar-refractivity contribution in [2.24, 2.45) is 0 Å². The minimum atomic E-state index is -0.395. The van der Waals surface area contributed by atoms with Crippen molar-refractivity contribution in [1.82, 2.24) is 14.9 Å². The Labute approximate surface area is 85.4 Å². The quantitative estimate of drug-likeness (QED) is 0.717.